The van der Waals surface area contributed by atoms with Gasteiger partial charge in [0.15, 0.2) is 0 Å². The van der Waals surface area contributed by atoms with Crippen LogP contribution in [0, 0.1) is 11.3 Å². The predicted molar refractivity (Wildman–Crippen MR) is 91.0 cm³/mol. The van der Waals surface area contributed by atoms with Crippen LogP contribution in [0.3, 0.4) is 0 Å². The van der Waals surface area contributed by atoms with Crippen molar-refractivity contribution in [1.82, 2.24) is 0 Å². The van der Waals surface area contributed by atoms with Crippen LogP contribution < -0.4 is 5.32 Å². The first kappa shape index (κ1) is 14.9. The van der Waals surface area contributed by atoms with Crippen molar-refractivity contribution < 1.29 is 4.79 Å². The molecule has 0 aliphatic heterocycles. The Morgan fingerprint density at radius 1 is 1.18 bits per heavy atom. The third-order valence-electron chi connectivity index (χ3n) is 3.09. The molecule has 0 aliphatic rings. The van der Waals surface area contributed by atoms with E-state index < -0.39 is 0 Å². The number of benzene rings is 2. The van der Waals surface area contributed by atoms with E-state index in [9.17, 15) is 4.79 Å². The van der Waals surface area contributed by atoms with Gasteiger partial charge in [-0.3, -0.25) is 4.79 Å². The molecular formula is C16H8Cl2N2OS. The molecule has 22 heavy (non-hydrogen) atoms. The Bertz CT molecular complexity index is 928. The molecule has 108 valence electrons. The highest BCUT2D eigenvalue weighted by Gasteiger charge is 2.18. The van der Waals surface area contributed by atoms with E-state index in [-0.39, 0.29) is 5.91 Å². The Hall–Kier alpha value is -2.06. The fourth-order valence-electron chi connectivity index (χ4n) is 2.05. The minimum atomic E-state index is -0.343. The lowest BCUT2D eigenvalue weighted by molar-refractivity contribution is 0.103. The number of nitriles is 1. The molecule has 0 aliphatic carbocycles. The molecule has 1 amide bonds. The van der Waals surface area contributed by atoms with Gasteiger partial charge in [0.2, 0.25) is 0 Å². The highest BCUT2D eigenvalue weighted by molar-refractivity contribution is 7.21. The van der Waals surface area contributed by atoms with Crippen LogP contribution >= 0.6 is 34.5 Å². The summed E-state index contributed by atoms with van der Waals surface area (Å²) in [5.41, 5.74) is 0.859. The molecule has 0 unspecified atom stereocenters. The van der Waals surface area contributed by atoms with Gasteiger partial charge in [0.25, 0.3) is 5.91 Å². The Labute approximate surface area is 140 Å². The van der Waals surface area contributed by atoms with Crippen molar-refractivity contribution in [3.8, 4) is 6.07 Å². The first-order chi connectivity index (χ1) is 10.6. The molecule has 1 heterocycles. The number of rotatable bonds is 2. The van der Waals surface area contributed by atoms with Gasteiger partial charge in [-0.25, -0.2) is 0 Å². The van der Waals surface area contributed by atoms with Crippen molar-refractivity contribution in [1.29, 1.82) is 5.26 Å². The first-order valence-corrected chi connectivity index (χ1v) is 7.85. The van der Waals surface area contributed by atoms with E-state index in [1.807, 2.05) is 6.07 Å². The molecule has 3 rings (SSSR count). The van der Waals surface area contributed by atoms with Crippen LogP contribution in [-0.2, 0) is 0 Å². The molecule has 3 aromatic rings. The van der Waals surface area contributed by atoms with Crippen molar-refractivity contribution in [2.45, 2.75) is 0 Å². The van der Waals surface area contributed by atoms with Crippen LogP contribution in [0.1, 0.15) is 15.2 Å². The Morgan fingerprint density at radius 2 is 1.95 bits per heavy atom. The number of carbonyl (C=O) groups excluding carboxylic acids is 1. The van der Waals surface area contributed by atoms with Crippen LogP contribution in [0.15, 0.2) is 42.5 Å². The molecule has 2 aromatic carbocycles. The molecule has 0 bridgehead atoms. The van der Waals surface area contributed by atoms with E-state index in [1.165, 1.54) is 11.3 Å². The van der Waals surface area contributed by atoms with Crippen molar-refractivity contribution in [2.75, 3.05) is 5.32 Å². The number of thiophene rings is 1. The van der Waals surface area contributed by atoms with Crippen molar-refractivity contribution >= 4 is 56.2 Å². The standard InChI is InChI=1S/C16H8Cl2N2OS/c17-10-5-6-11-13(7-10)22-15(14(11)18)16(21)20-12-4-2-1-3-9(12)8-19/h1-7H,(H,20,21). The number of fused-ring (bicyclic) bond motifs is 1. The summed E-state index contributed by atoms with van der Waals surface area (Å²) >= 11 is 13.5. The zero-order chi connectivity index (χ0) is 15.7. The number of para-hydroxylation sites is 1. The fourth-order valence-corrected chi connectivity index (χ4v) is 3.74. The normalized spacial score (nSPS) is 10.4. The van der Waals surface area contributed by atoms with E-state index in [4.69, 9.17) is 28.5 Å². The molecule has 0 saturated carbocycles. The number of hydrogen-bond donors (Lipinski definition) is 1. The topological polar surface area (TPSA) is 52.9 Å². The highest BCUT2D eigenvalue weighted by atomic mass is 35.5. The van der Waals surface area contributed by atoms with E-state index in [2.05, 4.69) is 5.32 Å². The van der Waals surface area contributed by atoms with E-state index in [0.717, 1.165) is 10.1 Å². The summed E-state index contributed by atoms with van der Waals surface area (Å²) in [6.07, 6.45) is 0. The van der Waals surface area contributed by atoms with Crippen molar-refractivity contribution in [3.05, 3.63) is 63.0 Å². The van der Waals surface area contributed by atoms with Crippen LogP contribution in [-0.4, -0.2) is 5.91 Å². The number of halogens is 2. The summed E-state index contributed by atoms with van der Waals surface area (Å²) in [5, 5.41) is 13.6. The molecule has 3 nitrogen and oxygen atoms in total. The summed E-state index contributed by atoms with van der Waals surface area (Å²) in [6.45, 7) is 0. The molecule has 1 N–H and O–H groups in total. The summed E-state index contributed by atoms with van der Waals surface area (Å²) < 4.78 is 0.844. The number of carbonyl (C=O) groups is 1. The summed E-state index contributed by atoms with van der Waals surface area (Å²) in [5.74, 6) is -0.343. The van der Waals surface area contributed by atoms with Crippen LogP contribution in [0.25, 0.3) is 10.1 Å². The third kappa shape index (κ3) is 2.67. The maximum Gasteiger partial charge on any atom is 0.267 e. The van der Waals surface area contributed by atoms with Gasteiger partial charge in [-0.15, -0.1) is 11.3 Å². The van der Waals surface area contributed by atoms with E-state index >= 15 is 0 Å². The Morgan fingerprint density at radius 3 is 2.73 bits per heavy atom. The van der Waals surface area contributed by atoms with Gasteiger partial charge in [0, 0.05) is 15.1 Å². The van der Waals surface area contributed by atoms with Gasteiger partial charge in [-0.1, -0.05) is 41.4 Å². The number of anilines is 1. The molecule has 0 atom stereocenters. The predicted octanol–water partition coefficient (Wildman–Crippen LogP) is 5.33. The molecule has 0 saturated heterocycles. The molecule has 0 spiro atoms. The number of nitrogens with zero attached hydrogens (tertiary/aromatic N) is 1. The fraction of sp³-hybridized carbons (Fsp3) is 0. The minimum absolute atomic E-state index is 0.343. The molecule has 6 heteroatoms. The lowest BCUT2D eigenvalue weighted by atomic mass is 10.2. The van der Waals surface area contributed by atoms with Gasteiger partial charge in [0.05, 0.1) is 16.3 Å². The zero-order valence-corrected chi connectivity index (χ0v) is 13.4. The minimum Gasteiger partial charge on any atom is -0.320 e. The maximum atomic E-state index is 12.4. The van der Waals surface area contributed by atoms with Gasteiger partial charge in [-0.05, 0) is 24.3 Å². The van der Waals surface area contributed by atoms with Crippen molar-refractivity contribution in [2.24, 2.45) is 0 Å². The second kappa shape index (κ2) is 5.98. The number of hydrogen-bond acceptors (Lipinski definition) is 3. The molecular weight excluding hydrogens is 339 g/mol. The Kier molecular flexibility index (Phi) is 4.04. The van der Waals surface area contributed by atoms with E-state index in [0.29, 0.717) is 26.2 Å². The summed E-state index contributed by atoms with van der Waals surface area (Å²) in [7, 11) is 0. The second-order valence-corrected chi connectivity index (χ2v) is 6.36. The maximum absolute atomic E-state index is 12.4. The summed E-state index contributed by atoms with van der Waals surface area (Å²) in [6, 6.07) is 14.1. The van der Waals surface area contributed by atoms with Gasteiger partial charge >= 0.3 is 0 Å². The highest BCUT2D eigenvalue weighted by Crippen LogP contribution is 2.37. The number of amides is 1. The lowest BCUT2D eigenvalue weighted by Crippen LogP contribution is -2.11. The first-order valence-electron chi connectivity index (χ1n) is 6.28. The van der Waals surface area contributed by atoms with Gasteiger partial charge in [-0.2, -0.15) is 5.26 Å². The largest absolute Gasteiger partial charge is 0.320 e. The molecule has 0 radical (unpaired) electrons. The smallest absolute Gasteiger partial charge is 0.267 e. The Balaban J connectivity index is 1.99. The molecule has 1 aromatic heterocycles. The summed E-state index contributed by atoms with van der Waals surface area (Å²) in [4.78, 5) is 12.8. The zero-order valence-electron chi connectivity index (χ0n) is 11.1. The molecule has 0 fully saturated rings. The van der Waals surface area contributed by atoms with Crippen LogP contribution in [0.4, 0.5) is 5.69 Å². The quantitative estimate of drug-likeness (QED) is 0.681. The average molecular weight is 347 g/mol. The van der Waals surface area contributed by atoms with Gasteiger partial charge < -0.3 is 5.32 Å². The average Bonchev–Trinajstić information content (AvgIpc) is 2.84. The van der Waals surface area contributed by atoms with Crippen LogP contribution in [0.5, 0.6) is 0 Å². The van der Waals surface area contributed by atoms with Crippen molar-refractivity contribution in [3.63, 3.8) is 0 Å². The number of nitrogens with one attached hydrogen (secondary N) is 1. The van der Waals surface area contributed by atoms with Gasteiger partial charge in [0.1, 0.15) is 10.9 Å². The van der Waals surface area contributed by atoms with Crippen LogP contribution in [0.2, 0.25) is 10.0 Å². The monoisotopic (exact) mass is 346 g/mol. The van der Waals surface area contributed by atoms with E-state index in [1.54, 1.807) is 42.5 Å². The lowest BCUT2D eigenvalue weighted by Gasteiger charge is -2.05. The SMILES string of the molecule is N#Cc1ccccc1NC(=O)c1sc2cc(Cl)ccc2c1Cl. The third-order valence-corrected chi connectivity index (χ3v) is 4.98. The second-order valence-electron chi connectivity index (χ2n) is 4.50.